The minimum atomic E-state index is -3.52. The predicted octanol–water partition coefficient (Wildman–Crippen LogP) is 3.18. The summed E-state index contributed by atoms with van der Waals surface area (Å²) in [7, 11) is -3.52. The normalized spacial score (nSPS) is 12.7. The molecule has 0 aliphatic carbocycles. The fourth-order valence-corrected chi connectivity index (χ4v) is 4.08. The second kappa shape index (κ2) is 5.69. The lowest BCUT2D eigenvalue weighted by molar-refractivity contribution is 0.443. The Morgan fingerprint density at radius 2 is 2.06 bits per heavy atom. The van der Waals surface area contributed by atoms with Crippen molar-refractivity contribution in [1.82, 2.24) is 4.72 Å². The molecule has 6 heteroatoms. The van der Waals surface area contributed by atoms with E-state index in [1.54, 1.807) is 12.1 Å². The number of sulfonamides is 1. The van der Waals surface area contributed by atoms with Crippen LogP contribution in [0.1, 0.15) is 20.3 Å². The molecule has 0 aliphatic rings. The van der Waals surface area contributed by atoms with E-state index in [9.17, 15) is 8.42 Å². The van der Waals surface area contributed by atoms with Gasteiger partial charge in [0.25, 0.3) is 0 Å². The van der Waals surface area contributed by atoms with Gasteiger partial charge in [-0.3, -0.25) is 0 Å². The minimum Gasteiger partial charge on any atom is -0.207 e. The van der Waals surface area contributed by atoms with Gasteiger partial charge in [0.15, 0.2) is 0 Å². The van der Waals surface area contributed by atoms with Gasteiger partial charge in [-0.2, -0.15) is 0 Å². The lowest BCUT2D eigenvalue weighted by Gasteiger charge is -2.25. The zero-order valence-corrected chi connectivity index (χ0v) is 12.9. The van der Waals surface area contributed by atoms with Gasteiger partial charge in [-0.15, -0.1) is 0 Å². The zero-order chi connectivity index (χ0) is 13.1. The van der Waals surface area contributed by atoms with Crippen molar-refractivity contribution in [2.45, 2.75) is 30.7 Å². The zero-order valence-electron chi connectivity index (χ0n) is 9.70. The van der Waals surface area contributed by atoms with Crippen LogP contribution in [0.3, 0.4) is 0 Å². The molecule has 0 fully saturated rings. The van der Waals surface area contributed by atoms with Gasteiger partial charge in [0, 0.05) is 15.9 Å². The Kier molecular flexibility index (Phi) is 5.01. The molecule has 0 unspecified atom stereocenters. The van der Waals surface area contributed by atoms with Gasteiger partial charge in [0.05, 0.1) is 4.90 Å². The first kappa shape index (κ1) is 15.0. The fraction of sp³-hybridized carbons (Fsp3) is 0.455. The number of hydrogen-bond donors (Lipinski definition) is 1. The maximum atomic E-state index is 12.1. The molecule has 17 heavy (non-hydrogen) atoms. The van der Waals surface area contributed by atoms with E-state index in [1.165, 1.54) is 12.1 Å². The maximum Gasteiger partial charge on any atom is 0.241 e. The molecule has 1 aromatic rings. The number of halogens is 2. The molecule has 0 aromatic heterocycles. The highest BCUT2D eigenvalue weighted by atomic mass is 79.9. The largest absolute Gasteiger partial charge is 0.241 e. The summed E-state index contributed by atoms with van der Waals surface area (Å²) in [6, 6.07) is 6.23. The summed E-state index contributed by atoms with van der Waals surface area (Å²) in [4.78, 5) is 0.188. The molecule has 0 saturated heterocycles. The van der Waals surface area contributed by atoms with Crippen LogP contribution >= 0.6 is 27.5 Å². The molecule has 0 bridgehead atoms. The van der Waals surface area contributed by atoms with Crippen LogP contribution in [0.4, 0.5) is 0 Å². The van der Waals surface area contributed by atoms with Crippen LogP contribution in [-0.4, -0.2) is 19.3 Å². The summed E-state index contributed by atoms with van der Waals surface area (Å²) in [5, 5.41) is 1.14. The van der Waals surface area contributed by atoms with Gasteiger partial charge in [0.2, 0.25) is 10.0 Å². The molecule has 1 aromatic carbocycles. The fourth-order valence-electron chi connectivity index (χ4n) is 1.34. The highest BCUT2D eigenvalue weighted by molar-refractivity contribution is 9.09. The Hall–Kier alpha value is -0.100. The predicted molar refractivity (Wildman–Crippen MR) is 74.3 cm³/mol. The third kappa shape index (κ3) is 4.58. The van der Waals surface area contributed by atoms with E-state index >= 15 is 0 Å². The standard InChI is InChI=1S/C11H15BrClNO2S/c1-11(2,6-7-12)14-17(15,16)10-5-3-4-9(13)8-10/h3-5,8,14H,6-7H2,1-2H3. The maximum absolute atomic E-state index is 12.1. The first-order chi connectivity index (χ1) is 7.77. The molecule has 0 amide bonds. The minimum absolute atomic E-state index is 0.188. The Labute approximate surface area is 116 Å². The Morgan fingerprint density at radius 1 is 1.41 bits per heavy atom. The summed E-state index contributed by atoms with van der Waals surface area (Å²) >= 11 is 9.09. The molecule has 0 heterocycles. The molecule has 1 N–H and O–H groups in total. The van der Waals surface area contributed by atoms with Gasteiger partial charge >= 0.3 is 0 Å². The quantitative estimate of drug-likeness (QED) is 0.837. The highest BCUT2D eigenvalue weighted by Gasteiger charge is 2.25. The summed E-state index contributed by atoms with van der Waals surface area (Å²) in [5.41, 5.74) is -0.495. The third-order valence-corrected chi connectivity index (χ3v) is 4.56. The highest BCUT2D eigenvalue weighted by Crippen LogP contribution is 2.19. The van der Waals surface area contributed by atoms with Crippen molar-refractivity contribution in [2.75, 3.05) is 5.33 Å². The topological polar surface area (TPSA) is 46.2 Å². The van der Waals surface area contributed by atoms with E-state index in [1.807, 2.05) is 13.8 Å². The first-order valence-electron chi connectivity index (χ1n) is 5.12. The smallest absolute Gasteiger partial charge is 0.207 e. The number of rotatable bonds is 5. The average Bonchev–Trinajstić information content (AvgIpc) is 2.15. The Bertz CT molecular complexity index is 488. The number of alkyl halides is 1. The van der Waals surface area contributed by atoms with Crippen LogP contribution in [0.25, 0.3) is 0 Å². The van der Waals surface area contributed by atoms with Crippen LogP contribution < -0.4 is 4.72 Å². The van der Waals surface area contributed by atoms with Gasteiger partial charge in [-0.25, -0.2) is 13.1 Å². The molecular weight excluding hydrogens is 326 g/mol. The van der Waals surface area contributed by atoms with E-state index in [0.717, 1.165) is 5.33 Å². The molecule has 1 rings (SSSR count). The summed E-state index contributed by atoms with van der Waals surface area (Å²) in [6.45, 7) is 3.69. The van der Waals surface area contributed by atoms with Crippen LogP contribution in [0, 0.1) is 0 Å². The van der Waals surface area contributed by atoms with Crippen molar-refractivity contribution in [1.29, 1.82) is 0 Å². The number of nitrogens with one attached hydrogen (secondary N) is 1. The van der Waals surface area contributed by atoms with E-state index in [4.69, 9.17) is 11.6 Å². The van der Waals surface area contributed by atoms with Crippen molar-refractivity contribution in [2.24, 2.45) is 0 Å². The lowest BCUT2D eigenvalue weighted by atomic mass is 10.0. The van der Waals surface area contributed by atoms with Gasteiger partial charge in [-0.1, -0.05) is 33.6 Å². The first-order valence-corrected chi connectivity index (χ1v) is 8.11. The van der Waals surface area contributed by atoms with E-state index in [2.05, 4.69) is 20.7 Å². The van der Waals surface area contributed by atoms with Gasteiger partial charge < -0.3 is 0 Å². The van der Waals surface area contributed by atoms with Crippen LogP contribution in [0.2, 0.25) is 5.02 Å². The lowest BCUT2D eigenvalue weighted by Crippen LogP contribution is -2.43. The van der Waals surface area contributed by atoms with Gasteiger partial charge in [0.1, 0.15) is 0 Å². The Morgan fingerprint density at radius 3 is 2.59 bits per heavy atom. The average molecular weight is 341 g/mol. The number of benzene rings is 1. The van der Waals surface area contributed by atoms with Crippen LogP contribution in [0.5, 0.6) is 0 Å². The van der Waals surface area contributed by atoms with E-state index < -0.39 is 15.6 Å². The van der Waals surface area contributed by atoms with Gasteiger partial charge in [-0.05, 0) is 38.5 Å². The van der Waals surface area contributed by atoms with Crippen LogP contribution in [-0.2, 0) is 10.0 Å². The second-order valence-corrected chi connectivity index (χ2v) is 7.30. The van der Waals surface area contributed by atoms with Crippen LogP contribution in [0.15, 0.2) is 29.2 Å². The van der Waals surface area contributed by atoms with Crippen molar-refractivity contribution < 1.29 is 8.42 Å². The molecule has 0 radical (unpaired) electrons. The third-order valence-electron chi connectivity index (χ3n) is 2.24. The molecule has 0 atom stereocenters. The second-order valence-electron chi connectivity index (χ2n) is 4.39. The number of hydrogen-bond acceptors (Lipinski definition) is 2. The summed E-state index contributed by atoms with van der Waals surface area (Å²) < 4.78 is 26.8. The Balaban J connectivity index is 2.97. The SMILES string of the molecule is CC(C)(CCBr)NS(=O)(=O)c1cccc(Cl)c1. The van der Waals surface area contributed by atoms with E-state index in [0.29, 0.717) is 11.4 Å². The molecule has 0 aliphatic heterocycles. The molecule has 0 saturated carbocycles. The molecule has 0 spiro atoms. The molecule has 3 nitrogen and oxygen atoms in total. The monoisotopic (exact) mass is 339 g/mol. The molecule has 96 valence electrons. The van der Waals surface area contributed by atoms with Crippen molar-refractivity contribution in [3.8, 4) is 0 Å². The van der Waals surface area contributed by atoms with Crippen molar-refractivity contribution >= 4 is 37.6 Å². The summed E-state index contributed by atoms with van der Waals surface area (Å²) in [5.74, 6) is 0. The molecular formula is C11H15BrClNO2S. The summed E-state index contributed by atoms with van der Waals surface area (Å²) in [6.07, 6.45) is 0.701. The van der Waals surface area contributed by atoms with Crippen molar-refractivity contribution in [3.63, 3.8) is 0 Å². The van der Waals surface area contributed by atoms with E-state index in [-0.39, 0.29) is 4.90 Å². The van der Waals surface area contributed by atoms with Crippen molar-refractivity contribution in [3.05, 3.63) is 29.3 Å².